The molecule has 1 aromatic heterocycles. The Balaban J connectivity index is 1.96. The summed E-state index contributed by atoms with van der Waals surface area (Å²) in [5.74, 6) is -0.169. The van der Waals surface area contributed by atoms with Gasteiger partial charge in [-0.25, -0.2) is 4.98 Å². The lowest BCUT2D eigenvalue weighted by atomic mass is 9.83. The molecule has 0 saturated heterocycles. The van der Waals surface area contributed by atoms with Gasteiger partial charge in [0.1, 0.15) is 5.52 Å². The molecular formula is C15H17NO3. The van der Waals surface area contributed by atoms with Crippen molar-refractivity contribution in [2.75, 3.05) is 0 Å². The Hall–Kier alpha value is -1.84. The molecule has 0 amide bonds. The third-order valence-corrected chi connectivity index (χ3v) is 4.17. The van der Waals surface area contributed by atoms with Gasteiger partial charge in [0, 0.05) is 6.42 Å². The normalized spacial score (nSPS) is 17.9. The lowest BCUT2D eigenvalue weighted by molar-refractivity contribution is -0.148. The topological polar surface area (TPSA) is 63.3 Å². The number of aryl methyl sites for hydroxylation is 1. The first kappa shape index (κ1) is 12.2. The first-order chi connectivity index (χ1) is 9.11. The van der Waals surface area contributed by atoms with Crippen LogP contribution in [-0.4, -0.2) is 16.1 Å². The minimum absolute atomic E-state index is 0.399. The number of carbonyl (C=O) groups is 1. The Kier molecular flexibility index (Phi) is 2.81. The molecule has 3 rings (SSSR count). The zero-order valence-corrected chi connectivity index (χ0v) is 11.0. The van der Waals surface area contributed by atoms with Crippen molar-refractivity contribution in [3.05, 3.63) is 29.7 Å². The molecular weight excluding hydrogens is 242 g/mol. The van der Waals surface area contributed by atoms with Crippen molar-refractivity contribution in [1.29, 1.82) is 0 Å². The molecule has 0 spiro atoms. The highest BCUT2D eigenvalue weighted by atomic mass is 16.4. The number of rotatable bonds is 3. The van der Waals surface area contributed by atoms with Gasteiger partial charge in [-0.1, -0.05) is 25.0 Å². The van der Waals surface area contributed by atoms with E-state index in [2.05, 4.69) is 4.98 Å². The Morgan fingerprint density at radius 1 is 1.42 bits per heavy atom. The lowest BCUT2D eigenvalue weighted by Gasteiger charge is -2.21. The molecule has 19 heavy (non-hydrogen) atoms. The maximum absolute atomic E-state index is 11.5. The molecule has 0 aliphatic heterocycles. The number of aliphatic carboxylic acids is 1. The Morgan fingerprint density at radius 3 is 2.79 bits per heavy atom. The Morgan fingerprint density at radius 2 is 2.16 bits per heavy atom. The number of hydrogen-bond acceptors (Lipinski definition) is 3. The molecule has 2 aromatic rings. The minimum Gasteiger partial charge on any atom is -0.481 e. The summed E-state index contributed by atoms with van der Waals surface area (Å²) < 4.78 is 5.71. The summed E-state index contributed by atoms with van der Waals surface area (Å²) in [6, 6.07) is 5.78. The predicted octanol–water partition coefficient (Wildman–Crippen LogP) is 3.32. The molecule has 0 atom stereocenters. The van der Waals surface area contributed by atoms with Crippen molar-refractivity contribution in [2.45, 2.75) is 39.0 Å². The average molecular weight is 259 g/mol. The van der Waals surface area contributed by atoms with E-state index in [1.165, 1.54) is 0 Å². The fraction of sp³-hybridized carbons (Fsp3) is 0.467. The largest absolute Gasteiger partial charge is 0.481 e. The molecule has 0 bridgehead atoms. The van der Waals surface area contributed by atoms with E-state index in [1.807, 2.05) is 25.1 Å². The second kappa shape index (κ2) is 4.37. The van der Waals surface area contributed by atoms with Gasteiger partial charge in [-0.05, 0) is 31.4 Å². The van der Waals surface area contributed by atoms with E-state index < -0.39 is 11.4 Å². The second-order valence-corrected chi connectivity index (χ2v) is 5.50. The highest BCUT2D eigenvalue weighted by Gasteiger charge is 2.42. The number of aromatic nitrogens is 1. The number of benzene rings is 1. The molecule has 1 aliphatic rings. The van der Waals surface area contributed by atoms with Crippen LogP contribution in [0, 0.1) is 12.3 Å². The smallest absolute Gasteiger partial charge is 0.310 e. The van der Waals surface area contributed by atoms with E-state index in [4.69, 9.17) is 4.42 Å². The molecule has 1 heterocycles. The van der Waals surface area contributed by atoms with Crippen LogP contribution in [0.1, 0.15) is 37.1 Å². The average Bonchev–Trinajstić information content (AvgIpc) is 2.97. The second-order valence-electron chi connectivity index (χ2n) is 5.50. The number of nitrogens with zero attached hydrogens (tertiary/aromatic N) is 1. The van der Waals surface area contributed by atoms with Crippen LogP contribution in [0.5, 0.6) is 0 Å². The molecule has 1 aliphatic carbocycles. The molecule has 0 radical (unpaired) electrons. The van der Waals surface area contributed by atoms with Gasteiger partial charge in [0.05, 0.1) is 5.41 Å². The maximum atomic E-state index is 11.5. The molecule has 1 aromatic carbocycles. The van der Waals surface area contributed by atoms with Gasteiger partial charge in [-0.2, -0.15) is 0 Å². The van der Waals surface area contributed by atoms with Gasteiger partial charge in [0.15, 0.2) is 11.5 Å². The van der Waals surface area contributed by atoms with Crippen molar-refractivity contribution < 1.29 is 14.3 Å². The van der Waals surface area contributed by atoms with Crippen LogP contribution in [0.25, 0.3) is 11.1 Å². The van der Waals surface area contributed by atoms with Gasteiger partial charge in [0.2, 0.25) is 0 Å². The summed E-state index contributed by atoms with van der Waals surface area (Å²) in [6.45, 7) is 1.98. The fourth-order valence-electron chi connectivity index (χ4n) is 3.02. The highest BCUT2D eigenvalue weighted by molar-refractivity contribution is 5.77. The summed E-state index contributed by atoms with van der Waals surface area (Å²) in [7, 11) is 0. The zero-order chi connectivity index (χ0) is 13.5. The van der Waals surface area contributed by atoms with Crippen LogP contribution in [0.3, 0.4) is 0 Å². The van der Waals surface area contributed by atoms with Crippen LogP contribution in [0.2, 0.25) is 0 Å². The first-order valence-electron chi connectivity index (χ1n) is 6.69. The lowest BCUT2D eigenvalue weighted by Crippen LogP contribution is -2.30. The summed E-state index contributed by atoms with van der Waals surface area (Å²) in [6.07, 6.45) is 3.80. The van der Waals surface area contributed by atoms with Crippen LogP contribution in [0.15, 0.2) is 22.6 Å². The predicted molar refractivity (Wildman–Crippen MR) is 71.0 cm³/mol. The molecule has 100 valence electrons. The quantitative estimate of drug-likeness (QED) is 0.918. The first-order valence-corrected chi connectivity index (χ1v) is 6.69. The zero-order valence-electron chi connectivity index (χ0n) is 11.0. The van der Waals surface area contributed by atoms with Crippen molar-refractivity contribution in [3.63, 3.8) is 0 Å². The summed E-state index contributed by atoms with van der Waals surface area (Å²) in [4.78, 5) is 16.0. The summed E-state index contributed by atoms with van der Waals surface area (Å²) in [5.41, 5.74) is 1.97. The monoisotopic (exact) mass is 259 g/mol. The summed E-state index contributed by atoms with van der Waals surface area (Å²) >= 11 is 0. The van der Waals surface area contributed by atoms with Gasteiger partial charge in [0.25, 0.3) is 0 Å². The van der Waals surface area contributed by atoms with Crippen molar-refractivity contribution >= 4 is 17.1 Å². The number of hydrogen-bond donors (Lipinski definition) is 1. The maximum Gasteiger partial charge on any atom is 0.310 e. The number of para-hydroxylation sites is 1. The van der Waals surface area contributed by atoms with Crippen LogP contribution in [0.4, 0.5) is 0 Å². The van der Waals surface area contributed by atoms with Gasteiger partial charge in [-0.3, -0.25) is 4.79 Å². The fourth-order valence-corrected chi connectivity index (χ4v) is 3.02. The molecule has 1 fully saturated rings. The van der Waals surface area contributed by atoms with E-state index in [1.54, 1.807) is 0 Å². The molecule has 1 saturated carbocycles. The van der Waals surface area contributed by atoms with Crippen molar-refractivity contribution in [2.24, 2.45) is 5.41 Å². The number of carboxylic acid groups (broad SMARTS) is 1. The number of fused-ring (bicyclic) bond motifs is 1. The molecule has 0 unspecified atom stereocenters. The van der Waals surface area contributed by atoms with E-state index in [9.17, 15) is 9.90 Å². The number of oxazole rings is 1. The van der Waals surface area contributed by atoms with Gasteiger partial charge < -0.3 is 9.52 Å². The minimum atomic E-state index is -0.719. The molecule has 4 heteroatoms. The van der Waals surface area contributed by atoms with Crippen LogP contribution in [-0.2, 0) is 11.2 Å². The third-order valence-electron chi connectivity index (χ3n) is 4.17. The van der Waals surface area contributed by atoms with E-state index in [0.717, 1.165) is 42.3 Å². The van der Waals surface area contributed by atoms with E-state index in [-0.39, 0.29) is 0 Å². The van der Waals surface area contributed by atoms with E-state index >= 15 is 0 Å². The summed E-state index contributed by atoms with van der Waals surface area (Å²) in [5, 5.41) is 9.49. The van der Waals surface area contributed by atoms with Gasteiger partial charge >= 0.3 is 5.97 Å². The SMILES string of the molecule is Cc1cccc2oc(CC3(C(=O)O)CCCC3)nc12. The van der Waals surface area contributed by atoms with Crippen molar-refractivity contribution in [1.82, 2.24) is 4.98 Å². The third kappa shape index (κ3) is 2.01. The van der Waals surface area contributed by atoms with Gasteiger partial charge in [-0.15, -0.1) is 0 Å². The van der Waals surface area contributed by atoms with Crippen LogP contribution >= 0.6 is 0 Å². The van der Waals surface area contributed by atoms with Crippen molar-refractivity contribution in [3.8, 4) is 0 Å². The highest BCUT2D eigenvalue weighted by Crippen LogP contribution is 2.41. The molecule has 4 nitrogen and oxygen atoms in total. The number of carboxylic acids is 1. The van der Waals surface area contributed by atoms with Crippen LogP contribution < -0.4 is 0 Å². The Labute approximate surface area is 111 Å². The standard InChI is InChI=1S/C15H17NO3/c1-10-5-4-6-11-13(10)16-12(19-11)9-15(14(17)18)7-2-3-8-15/h4-6H,2-3,7-9H2,1H3,(H,17,18). The Bertz CT molecular complexity index is 623. The van der Waals surface area contributed by atoms with E-state index in [0.29, 0.717) is 12.3 Å². The molecule has 1 N–H and O–H groups in total.